The topological polar surface area (TPSA) is 60.8 Å². The molecule has 6 nitrogen and oxygen atoms in total. The maximum Gasteiger partial charge on any atom is 0.293 e. The zero-order valence-corrected chi connectivity index (χ0v) is 14.0. The molecule has 0 bridgehead atoms. The molecule has 130 valence electrons. The molecule has 26 heavy (non-hydrogen) atoms. The molecule has 0 atom stereocenters. The molecule has 1 fully saturated rings. The third-order valence-corrected chi connectivity index (χ3v) is 4.87. The summed E-state index contributed by atoms with van der Waals surface area (Å²) in [6, 6.07) is 14.5. The van der Waals surface area contributed by atoms with Gasteiger partial charge in [-0.2, -0.15) is 0 Å². The summed E-state index contributed by atoms with van der Waals surface area (Å²) in [6.07, 6.45) is 0. The van der Waals surface area contributed by atoms with E-state index in [9.17, 15) is 9.59 Å². The van der Waals surface area contributed by atoms with Crippen molar-refractivity contribution in [1.82, 2.24) is 9.79 Å². The Balaban J connectivity index is 1.81. The molecule has 0 saturated carbocycles. The molecule has 2 heterocycles. The molecule has 5 rings (SSSR count). The number of hydrogen-bond acceptors (Lipinski definition) is 5. The molecule has 0 amide bonds. The Morgan fingerprint density at radius 2 is 1.50 bits per heavy atom. The Morgan fingerprint density at radius 1 is 0.846 bits per heavy atom. The molecule has 0 spiro atoms. The second-order valence-electron chi connectivity index (χ2n) is 6.37. The van der Waals surface area contributed by atoms with Crippen LogP contribution in [0.5, 0.6) is 0 Å². The van der Waals surface area contributed by atoms with Crippen LogP contribution in [-0.2, 0) is 4.74 Å². The van der Waals surface area contributed by atoms with Gasteiger partial charge in [-0.05, 0) is 6.07 Å². The molecule has 1 aliphatic heterocycles. The van der Waals surface area contributed by atoms with E-state index in [0.29, 0.717) is 53.9 Å². The normalized spacial score (nSPS) is 16.5. The Labute approximate surface area is 149 Å². The van der Waals surface area contributed by atoms with Crippen LogP contribution in [0.2, 0.25) is 0 Å². The number of ether oxygens (including phenoxy) is 1. The quantitative estimate of drug-likeness (QED) is 0.554. The lowest BCUT2D eigenvalue weighted by molar-refractivity contribution is -0.196. The second-order valence-corrected chi connectivity index (χ2v) is 6.37. The van der Waals surface area contributed by atoms with E-state index in [1.54, 1.807) is 23.3 Å². The summed E-state index contributed by atoms with van der Waals surface area (Å²) < 4.78 is 6.61. The Morgan fingerprint density at radius 3 is 2.27 bits per heavy atom. The Kier molecular flexibility index (Phi) is 3.41. The van der Waals surface area contributed by atoms with Crippen LogP contribution < -0.4 is 10.5 Å². The van der Waals surface area contributed by atoms with Crippen LogP contribution in [0.4, 0.5) is 0 Å². The molecule has 1 aromatic heterocycles. The van der Waals surface area contributed by atoms with Crippen molar-refractivity contribution in [3.63, 3.8) is 0 Å². The Hall–Kier alpha value is -2.96. The zero-order chi connectivity index (χ0) is 17.7. The van der Waals surface area contributed by atoms with E-state index in [1.807, 2.05) is 30.3 Å². The van der Waals surface area contributed by atoms with E-state index in [2.05, 4.69) is 0 Å². The minimum atomic E-state index is -0.268. The van der Waals surface area contributed by atoms with E-state index >= 15 is 0 Å². The predicted octanol–water partition coefficient (Wildman–Crippen LogP) is 1.89. The minimum absolute atomic E-state index is 0.0777. The summed E-state index contributed by atoms with van der Waals surface area (Å²) in [6.45, 7) is 2.20. The maximum absolute atomic E-state index is 13.1. The number of aromatic nitrogens is 1. The lowest BCUT2D eigenvalue weighted by Crippen LogP contribution is -2.46. The summed E-state index contributed by atoms with van der Waals surface area (Å²) >= 11 is 0. The number of fused-ring (bicyclic) bond motifs is 5. The molecule has 2 aliphatic rings. The molecule has 6 heteroatoms. The monoisotopic (exact) mass is 348 g/mol. The maximum atomic E-state index is 13.1. The van der Waals surface area contributed by atoms with Gasteiger partial charge < -0.3 is 9.68 Å². The molecule has 0 unspecified atom stereocenters. The van der Waals surface area contributed by atoms with Crippen molar-refractivity contribution in [1.29, 1.82) is 0 Å². The number of morpholine rings is 1. The van der Waals surface area contributed by atoms with Gasteiger partial charge in [0.2, 0.25) is 0 Å². The van der Waals surface area contributed by atoms with E-state index < -0.39 is 0 Å². The van der Waals surface area contributed by atoms with Gasteiger partial charge in [-0.15, -0.1) is 9.79 Å². The first kappa shape index (κ1) is 15.3. The van der Waals surface area contributed by atoms with Crippen LogP contribution in [0.1, 0.15) is 15.9 Å². The molecule has 0 radical (unpaired) electrons. The predicted molar refractivity (Wildman–Crippen MR) is 96.0 cm³/mol. The van der Waals surface area contributed by atoms with Gasteiger partial charge in [0.25, 0.3) is 5.56 Å². The van der Waals surface area contributed by atoms with Crippen LogP contribution in [0.3, 0.4) is 0 Å². The molecule has 1 aliphatic carbocycles. The lowest BCUT2D eigenvalue weighted by Gasteiger charge is -2.27. The van der Waals surface area contributed by atoms with Crippen molar-refractivity contribution in [3.8, 4) is 11.3 Å². The van der Waals surface area contributed by atoms with Crippen LogP contribution >= 0.6 is 0 Å². The van der Waals surface area contributed by atoms with Gasteiger partial charge in [0.05, 0.1) is 37.3 Å². The van der Waals surface area contributed by atoms with Crippen molar-refractivity contribution >= 4 is 16.6 Å². The number of rotatable bonds is 2. The average Bonchev–Trinajstić information content (AvgIpc) is 2.99. The third-order valence-electron chi connectivity index (χ3n) is 4.87. The highest BCUT2D eigenvalue weighted by atomic mass is 16.8. The smallest absolute Gasteiger partial charge is 0.293 e. The highest BCUT2D eigenvalue weighted by molar-refractivity contribution is 6.26. The summed E-state index contributed by atoms with van der Waals surface area (Å²) in [5.74, 6) is -0.0777. The average molecular weight is 348 g/mol. The van der Waals surface area contributed by atoms with Gasteiger partial charge in [-0.25, -0.2) is 0 Å². The number of benzene rings is 2. The van der Waals surface area contributed by atoms with Gasteiger partial charge >= 0.3 is 0 Å². The fourth-order valence-corrected chi connectivity index (χ4v) is 3.65. The molecule has 3 aromatic rings. The van der Waals surface area contributed by atoms with Crippen molar-refractivity contribution in [2.75, 3.05) is 26.3 Å². The van der Waals surface area contributed by atoms with E-state index in [-0.39, 0.29) is 11.3 Å². The largest absolute Gasteiger partial charge is 0.379 e. The molecular formula is C20H16N2O4. The van der Waals surface area contributed by atoms with Crippen molar-refractivity contribution in [2.45, 2.75) is 0 Å². The van der Waals surface area contributed by atoms with Crippen molar-refractivity contribution in [2.24, 2.45) is 0 Å². The highest BCUT2D eigenvalue weighted by Gasteiger charge is 2.34. The van der Waals surface area contributed by atoms with Crippen LogP contribution in [0.25, 0.3) is 22.0 Å². The van der Waals surface area contributed by atoms with Crippen LogP contribution in [0, 0.1) is 0 Å². The number of ketones is 1. The number of hydroxylamine groups is 2. The van der Waals surface area contributed by atoms with Crippen LogP contribution in [-0.4, -0.2) is 41.9 Å². The van der Waals surface area contributed by atoms with Crippen LogP contribution in [0.15, 0.2) is 53.3 Å². The second kappa shape index (κ2) is 5.79. The van der Waals surface area contributed by atoms with Gasteiger partial charge in [0, 0.05) is 16.5 Å². The SMILES string of the molecule is O=C1c2ccccc2-c2c1c1ccccc1c(=O)n2ON1CCOCC1. The number of carbonyl (C=O) groups excluding carboxylic acids is 1. The Bertz CT molecular complexity index is 1100. The van der Waals surface area contributed by atoms with Crippen molar-refractivity contribution in [3.05, 3.63) is 70.0 Å². The summed E-state index contributed by atoms with van der Waals surface area (Å²) in [5.41, 5.74) is 2.10. The van der Waals surface area contributed by atoms with Gasteiger partial charge in [-0.3, -0.25) is 9.59 Å². The lowest BCUT2D eigenvalue weighted by atomic mass is 10.0. The van der Waals surface area contributed by atoms with Gasteiger partial charge in [0.15, 0.2) is 5.78 Å². The first-order valence-electron chi connectivity index (χ1n) is 8.59. The summed E-state index contributed by atoms with van der Waals surface area (Å²) in [7, 11) is 0. The van der Waals surface area contributed by atoms with E-state index in [4.69, 9.17) is 9.68 Å². The van der Waals surface area contributed by atoms with Gasteiger partial charge in [-0.1, -0.05) is 42.5 Å². The molecule has 1 saturated heterocycles. The fourth-order valence-electron chi connectivity index (χ4n) is 3.65. The first-order chi connectivity index (χ1) is 12.8. The summed E-state index contributed by atoms with van der Waals surface area (Å²) in [4.78, 5) is 32.1. The zero-order valence-electron chi connectivity index (χ0n) is 14.0. The fraction of sp³-hybridized carbons (Fsp3) is 0.200. The number of carbonyl (C=O) groups is 1. The standard InChI is InChI=1S/C20H16N2O4/c23-19-15-7-3-2-6-14(15)18-17(19)13-5-1-4-8-16(13)20(24)22(18)26-21-9-11-25-12-10-21/h1-8H,9-12H2. The molecular weight excluding hydrogens is 332 g/mol. The summed E-state index contributed by atoms with van der Waals surface area (Å²) in [5, 5.41) is 2.84. The molecule has 2 aromatic carbocycles. The minimum Gasteiger partial charge on any atom is -0.379 e. The molecule has 0 N–H and O–H groups in total. The number of nitrogens with zero attached hydrogens (tertiary/aromatic N) is 2. The first-order valence-corrected chi connectivity index (χ1v) is 8.59. The van der Waals surface area contributed by atoms with Crippen molar-refractivity contribution < 1.29 is 14.5 Å². The van der Waals surface area contributed by atoms with Gasteiger partial charge in [0.1, 0.15) is 5.69 Å². The highest BCUT2D eigenvalue weighted by Crippen LogP contribution is 2.38. The van der Waals surface area contributed by atoms with E-state index in [0.717, 1.165) is 5.56 Å². The van der Waals surface area contributed by atoms with E-state index in [1.165, 1.54) is 4.73 Å². The third kappa shape index (κ3) is 2.13. The number of hydrogen-bond donors (Lipinski definition) is 0. The number of pyridine rings is 1.